The molecule has 2 aliphatic heterocycles. The molecule has 0 amide bonds. The first-order valence-corrected chi connectivity index (χ1v) is 13.5. The van der Waals surface area contributed by atoms with Crippen LogP contribution in [-0.4, -0.2) is 30.4 Å². The third kappa shape index (κ3) is 4.30. The maximum absolute atomic E-state index is 13.8. The molecule has 7 nitrogen and oxygen atoms in total. The molecule has 2 aromatic carbocycles. The SMILES string of the molecule is CCOC(=O)C1=C(c2ccccc2)N=c2s/c(=C\c3ccc4c(c3)OCCO4)c(=O)n2[C@@H]1c1cccs1. The molecule has 0 bridgehead atoms. The summed E-state index contributed by atoms with van der Waals surface area (Å²) in [6, 6.07) is 18.3. The monoisotopic (exact) mass is 530 g/mol. The predicted molar refractivity (Wildman–Crippen MR) is 143 cm³/mol. The van der Waals surface area contributed by atoms with Gasteiger partial charge in [0.15, 0.2) is 16.3 Å². The largest absolute Gasteiger partial charge is 0.486 e. The molecular weight excluding hydrogens is 508 g/mol. The number of aromatic nitrogens is 1. The number of nitrogens with zero attached hydrogens (tertiary/aromatic N) is 2. The Morgan fingerprint density at radius 2 is 1.92 bits per heavy atom. The van der Waals surface area contributed by atoms with Crippen LogP contribution in [0.5, 0.6) is 11.5 Å². The number of benzene rings is 2. The van der Waals surface area contributed by atoms with Crippen molar-refractivity contribution in [2.75, 3.05) is 19.8 Å². The zero-order valence-corrected chi connectivity index (χ0v) is 21.5. The third-order valence-electron chi connectivity index (χ3n) is 6.05. The fraction of sp³-hybridized carbons (Fsp3) is 0.179. The number of fused-ring (bicyclic) bond motifs is 2. The molecule has 0 saturated heterocycles. The Bertz CT molecular complexity index is 1680. The number of ether oxygens (including phenoxy) is 3. The van der Waals surface area contributed by atoms with Crippen molar-refractivity contribution in [1.82, 2.24) is 4.57 Å². The Labute approximate surface area is 220 Å². The zero-order chi connectivity index (χ0) is 25.4. The average Bonchev–Trinajstić information content (AvgIpc) is 3.57. The van der Waals surface area contributed by atoms with Gasteiger partial charge in [0.1, 0.15) is 19.3 Å². The van der Waals surface area contributed by atoms with Gasteiger partial charge in [0.05, 0.1) is 22.4 Å². The highest BCUT2D eigenvalue weighted by atomic mass is 32.1. The highest BCUT2D eigenvalue weighted by Gasteiger charge is 2.35. The van der Waals surface area contributed by atoms with Crippen molar-refractivity contribution in [3.63, 3.8) is 0 Å². The van der Waals surface area contributed by atoms with Gasteiger partial charge in [-0.1, -0.05) is 53.8 Å². The molecule has 186 valence electrons. The molecule has 37 heavy (non-hydrogen) atoms. The zero-order valence-electron chi connectivity index (χ0n) is 19.9. The number of hydrogen-bond acceptors (Lipinski definition) is 8. The van der Waals surface area contributed by atoms with Gasteiger partial charge in [0.25, 0.3) is 5.56 Å². The summed E-state index contributed by atoms with van der Waals surface area (Å²) in [4.78, 5) is 33.4. The molecule has 0 aliphatic carbocycles. The number of esters is 1. The van der Waals surface area contributed by atoms with Gasteiger partial charge < -0.3 is 14.2 Å². The number of hydrogen-bond donors (Lipinski definition) is 0. The van der Waals surface area contributed by atoms with E-state index in [1.807, 2.05) is 72.1 Å². The summed E-state index contributed by atoms with van der Waals surface area (Å²) in [5, 5.41) is 1.94. The van der Waals surface area contributed by atoms with Crippen LogP contribution in [0.25, 0.3) is 11.8 Å². The molecular formula is C28H22N2O5S2. The molecule has 4 aromatic rings. The van der Waals surface area contributed by atoms with Crippen LogP contribution in [0.3, 0.4) is 0 Å². The molecule has 0 saturated carbocycles. The summed E-state index contributed by atoms with van der Waals surface area (Å²) in [7, 11) is 0. The molecule has 4 heterocycles. The number of rotatable bonds is 5. The van der Waals surface area contributed by atoms with Crippen LogP contribution in [0.4, 0.5) is 0 Å². The van der Waals surface area contributed by atoms with Gasteiger partial charge in [-0.2, -0.15) is 0 Å². The van der Waals surface area contributed by atoms with E-state index < -0.39 is 12.0 Å². The minimum absolute atomic E-state index is 0.217. The Kier molecular flexibility index (Phi) is 6.23. The van der Waals surface area contributed by atoms with Crippen molar-refractivity contribution in [2.45, 2.75) is 13.0 Å². The summed E-state index contributed by atoms with van der Waals surface area (Å²) in [5.41, 5.74) is 2.26. The van der Waals surface area contributed by atoms with E-state index in [2.05, 4.69) is 0 Å². The van der Waals surface area contributed by atoms with E-state index >= 15 is 0 Å². The first kappa shape index (κ1) is 23.4. The van der Waals surface area contributed by atoms with E-state index in [9.17, 15) is 9.59 Å². The van der Waals surface area contributed by atoms with E-state index in [1.165, 1.54) is 22.7 Å². The van der Waals surface area contributed by atoms with Gasteiger partial charge >= 0.3 is 5.97 Å². The van der Waals surface area contributed by atoms with Crippen LogP contribution >= 0.6 is 22.7 Å². The van der Waals surface area contributed by atoms with Crippen LogP contribution in [0, 0.1) is 0 Å². The van der Waals surface area contributed by atoms with E-state index in [4.69, 9.17) is 19.2 Å². The van der Waals surface area contributed by atoms with Gasteiger partial charge in [0, 0.05) is 10.4 Å². The van der Waals surface area contributed by atoms with Crippen LogP contribution in [0.2, 0.25) is 0 Å². The lowest BCUT2D eigenvalue weighted by atomic mass is 9.97. The molecule has 0 spiro atoms. The highest BCUT2D eigenvalue weighted by molar-refractivity contribution is 7.10. The van der Waals surface area contributed by atoms with Gasteiger partial charge in [-0.25, -0.2) is 9.79 Å². The molecule has 1 atom stereocenters. The molecule has 2 aliphatic rings. The molecule has 6 rings (SSSR count). The van der Waals surface area contributed by atoms with E-state index in [0.29, 0.717) is 45.3 Å². The van der Waals surface area contributed by atoms with Gasteiger partial charge in [-0.05, 0) is 42.1 Å². The number of carbonyl (C=O) groups is 1. The van der Waals surface area contributed by atoms with Gasteiger partial charge in [-0.3, -0.25) is 9.36 Å². The molecule has 2 aromatic heterocycles. The van der Waals surface area contributed by atoms with Crippen LogP contribution < -0.4 is 24.4 Å². The summed E-state index contributed by atoms with van der Waals surface area (Å²) in [5.74, 6) is 0.860. The van der Waals surface area contributed by atoms with Crippen LogP contribution in [0.15, 0.2) is 81.4 Å². The smallest absolute Gasteiger partial charge is 0.338 e. The first-order chi connectivity index (χ1) is 18.1. The van der Waals surface area contributed by atoms with Crippen LogP contribution in [0.1, 0.15) is 29.0 Å². The second-order valence-corrected chi connectivity index (χ2v) is 10.3. The van der Waals surface area contributed by atoms with E-state index in [-0.39, 0.29) is 12.2 Å². The summed E-state index contributed by atoms with van der Waals surface area (Å²) < 4.78 is 18.9. The fourth-order valence-corrected chi connectivity index (χ4v) is 6.28. The molecule has 0 unspecified atom stereocenters. The van der Waals surface area contributed by atoms with Crippen molar-refractivity contribution in [2.24, 2.45) is 4.99 Å². The molecule has 0 N–H and O–H groups in total. The van der Waals surface area contributed by atoms with Crippen molar-refractivity contribution in [1.29, 1.82) is 0 Å². The highest BCUT2D eigenvalue weighted by Crippen LogP contribution is 2.37. The van der Waals surface area contributed by atoms with Gasteiger partial charge in [0.2, 0.25) is 0 Å². The van der Waals surface area contributed by atoms with E-state index in [1.54, 1.807) is 11.5 Å². The predicted octanol–water partition coefficient (Wildman–Crippen LogP) is 3.77. The molecule has 9 heteroatoms. The Hall–Kier alpha value is -3.95. The minimum Gasteiger partial charge on any atom is -0.486 e. The first-order valence-electron chi connectivity index (χ1n) is 11.9. The summed E-state index contributed by atoms with van der Waals surface area (Å²) >= 11 is 2.78. The Balaban J connectivity index is 1.58. The quantitative estimate of drug-likeness (QED) is 0.367. The van der Waals surface area contributed by atoms with Crippen molar-refractivity contribution in [3.05, 3.63) is 107 Å². The lowest BCUT2D eigenvalue weighted by molar-refractivity contribution is -0.138. The number of thiazole rings is 1. The minimum atomic E-state index is -0.645. The lowest BCUT2D eigenvalue weighted by Gasteiger charge is -2.24. The number of thiophene rings is 1. The summed E-state index contributed by atoms with van der Waals surface area (Å²) in [6.07, 6.45) is 1.82. The summed E-state index contributed by atoms with van der Waals surface area (Å²) in [6.45, 7) is 2.98. The fourth-order valence-electron chi connectivity index (χ4n) is 4.46. The standard InChI is InChI=1S/C28H22N2O5S2/c1-2-33-27(32)23-24(18-7-4-3-5-8-18)29-28-30(25(23)21-9-6-14-36-21)26(31)22(37-28)16-17-10-11-19-20(15-17)35-13-12-34-19/h3-11,14-16,25H,2,12-13H2,1H3/b22-16-/t25-/m1/s1. The van der Waals surface area contributed by atoms with E-state index in [0.717, 1.165) is 16.0 Å². The normalized spacial score (nSPS) is 16.8. The second kappa shape index (κ2) is 9.84. The van der Waals surface area contributed by atoms with Crippen molar-refractivity contribution < 1.29 is 19.0 Å². The van der Waals surface area contributed by atoms with Crippen LogP contribution in [-0.2, 0) is 9.53 Å². The molecule has 0 fully saturated rings. The number of carbonyl (C=O) groups excluding carboxylic acids is 1. The van der Waals surface area contributed by atoms with Crippen molar-refractivity contribution in [3.8, 4) is 11.5 Å². The lowest BCUT2D eigenvalue weighted by Crippen LogP contribution is -2.39. The van der Waals surface area contributed by atoms with Gasteiger partial charge in [-0.15, -0.1) is 11.3 Å². The Morgan fingerprint density at radius 3 is 2.68 bits per heavy atom. The maximum Gasteiger partial charge on any atom is 0.338 e. The maximum atomic E-state index is 13.8. The third-order valence-corrected chi connectivity index (χ3v) is 7.96. The Morgan fingerprint density at radius 1 is 1.11 bits per heavy atom. The molecule has 0 radical (unpaired) electrons. The van der Waals surface area contributed by atoms with Crippen molar-refractivity contribution >= 4 is 40.4 Å². The topological polar surface area (TPSA) is 79.1 Å². The average molecular weight is 531 g/mol. The second-order valence-electron chi connectivity index (χ2n) is 8.35.